The fourth-order valence-corrected chi connectivity index (χ4v) is 5.45. The van der Waals surface area contributed by atoms with Gasteiger partial charge in [0.1, 0.15) is 5.75 Å². The first-order valence-electron chi connectivity index (χ1n) is 10.1. The number of nitrogens with zero attached hydrogens (tertiary/aromatic N) is 1. The smallest absolute Gasteiger partial charge is 0.243 e. The summed E-state index contributed by atoms with van der Waals surface area (Å²) in [5.74, 6) is 0.733. The van der Waals surface area contributed by atoms with Crippen LogP contribution in [-0.2, 0) is 21.4 Å². The molecule has 3 rings (SSSR count). The van der Waals surface area contributed by atoms with Crippen LogP contribution in [0, 0.1) is 19.3 Å². The maximum Gasteiger partial charge on any atom is 0.243 e. The summed E-state index contributed by atoms with van der Waals surface area (Å²) in [4.78, 5) is 13.2. The second kappa shape index (κ2) is 8.78. The Labute approximate surface area is 179 Å². The molecule has 1 aliphatic heterocycles. The monoisotopic (exact) mass is 430 g/mol. The largest absolute Gasteiger partial charge is 0.497 e. The molecule has 2 aromatic rings. The van der Waals surface area contributed by atoms with Gasteiger partial charge in [0.15, 0.2) is 0 Å². The number of methoxy groups -OCH3 is 1. The molecular formula is C23H30N2O4S. The van der Waals surface area contributed by atoms with Gasteiger partial charge < -0.3 is 10.1 Å². The molecule has 0 aliphatic carbocycles. The summed E-state index contributed by atoms with van der Waals surface area (Å²) in [5.41, 5.74) is 2.25. The molecule has 0 saturated carbocycles. The third-order valence-corrected chi connectivity index (χ3v) is 7.70. The first-order valence-corrected chi connectivity index (χ1v) is 11.6. The van der Waals surface area contributed by atoms with Crippen LogP contribution < -0.4 is 10.1 Å². The molecule has 0 unspecified atom stereocenters. The zero-order chi connectivity index (χ0) is 21.9. The van der Waals surface area contributed by atoms with Crippen LogP contribution in [0.2, 0.25) is 0 Å². The fourth-order valence-electron chi connectivity index (χ4n) is 3.82. The number of carbonyl (C=O) groups is 1. The highest BCUT2D eigenvalue weighted by molar-refractivity contribution is 7.89. The number of aryl methyl sites for hydroxylation is 2. The summed E-state index contributed by atoms with van der Waals surface area (Å²) in [6.45, 7) is 6.81. The standard InChI is InChI=1S/C23H30N2O4S/c1-17-13-18(2)15-21(14-17)30(27,28)25-11-9-23(3,10-12-25)22(26)24-16-19-5-7-20(29-4)8-6-19/h5-8,13-15H,9-12,16H2,1-4H3,(H,24,26). The minimum absolute atomic E-state index is 0.0400. The number of piperidine rings is 1. The molecule has 162 valence electrons. The van der Waals surface area contributed by atoms with Crippen molar-refractivity contribution in [3.05, 3.63) is 59.2 Å². The summed E-state index contributed by atoms with van der Waals surface area (Å²) < 4.78 is 32.7. The van der Waals surface area contributed by atoms with Gasteiger partial charge in [0.2, 0.25) is 15.9 Å². The van der Waals surface area contributed by atoms with Crippen molar-refractivity contribution >= 4 is 15.9 Å². The molecular weight excluding hydrogens is 400 g/mol. The second-order valence-corrected chi connectivity index (χ2v) is 10.3. The zero-order valence-electron chi connectivity index (χ0n) is 18.1. The van der Waals surface area contributed by atoms with Gasteiger partial charge in [0.25, 0.3) is 0 Å². The van der Waals surface area contributed by atoms with Crippen molar-refractivity contribution in [2.45, 2.75) is 45.1 Å². The van der Waals surface area contributed by atoms with Crippen LogP contribution in [0.4, 0.5) is 0 Å². The van der Waals surface area contributed by atoms with Gasteiger partial charge >= 0.3 is 0 Å². The maximum atomic E-state index is 13.1. The lowest BCUT2D eigenvalue weighted by Crippen LogP contribution is -2.48. The number of benzene rings is 2. The number of hydrogen-bond acceptors (Lipinski definition) is 4. The number of hydrogen-bond donors (Lipinski definition) is 1. The number of sulfonamides is 1. The van der Waals surface area contributed by atoms with Crippen LogP contribution in [0.25, 0.3) is 0 Å². The van der Waals surface area contributed by atoms with Crippen LogP contribution in [-0.4, -0.2) is 38.8 Å². The molecule has 1 fully saturated rings. The van der Waals surface area contributed by atoms with Gasteiger partial charge in [0.05, 0.1) is 12.0 Å². The predicted molar refractivity (Wildman–Crippen MR) is 117 cm³/mol. The molecule has 6 nitrogen and oxygen atoms in total. The van der Waals surface area contributed by atoms with Crippen molar-refractivity contribution in [3.8, 4) is 5.75 Å². The number of rotatable bonds is 6. The van der Waals surface area contributed by atoms with Crippen molar-refractivity contribution in [3.63, 3.8) is 0 Å². The Morgan fingerprint density at radius 3 is 2.17 bits per heavy atom. The first-order chi connectivity index (χ1) is 14.1. The van der Waals surface area contributed by atoms with Crippen LogP contribution in [0.3, 0.4) is 0 Å². The van der Waals surface area contributed by atoms with Crippen LogP contribution in [0.15, 0.2) is 47.4 Å². The lowest BCUT2D eigenvalue weighted by atomic mass is 9.80. The predicted octanol–water partition coefficient (Wildman–Crippen LogP) is 3.42. The molecule has 0 atom stereocenters. The van der Waals surface area contributed by atoms with Crippen molar-refractivity contribution in [1.29, 1.82) is 0 Å². The Morgan fingerprint density at radius 2 is 1.63 bits per heavy atom. The van der Waals surface area contributed by atoms with Gasteiger partial charge in [-0.05, 0) is 67.6 Å². The van der Waals surface area contributed by atoms with Crippen LogP contribution in [0.5, 0.6) is 5.75 Å². The first kappa shape index (κ1) is 22.3. The number of carbonyl (C=O) groups excluding carboxylic acids is 1. The van der Waals surface area contributed by atoms with Crippen molar-refractivity contribution in [1.82, 2.24) is 9.62 Å². The van der Waals surface area contributed by atoms with Crippen LogP contribution >= 0.6 is 0 Å². The summed E-state index contributed by atoms with van der Waals surface area (Å²) in [6.07, 6.45) is 0.983. The highest BCUT2D eigenvalue weighted by Gasteiger charge is 2.40. The van der Waals surface area contributed by atoms with E-state index in [1.165, 1.54) is 4.31 Å². The Morgan fingerprint density at radius 1 is 1.07 bits per heavy atom. The van der Waals surface area contributed by atoms with E-state index in [1.54, 1.807) is 19.2 Å². The Balaban J connectivity index is 1.61. The molecule has 1 saturated heterocycles. The normalized spacial score (nSPS) is 16.8. The van der Waals surface area contributed by atoms with Gasteiger partial charge in [-0.1, -0.05) is 25.1 Å². The van der Waals surface area contributed by atoms with E-state index in [-0.39, 0.29) is 5.91 Å². The molecule has 1 aliphatic rings. The molecule has 1 N–H and O–H groups in total. The number of nitrogens with one attached hydrogen (secondary N) is 1. The molecule has 0 radical (unpaired) electrons. The molecule has 1 heterocycles. The zero-order valence-corrected chi connectivity index (χ0v) is 18.9. The highest BCUT2D eigenvalue weighted by atomic mass is 32.2. The molecule has 2 aromatic carbocycles. The second-order valence-electron chi connectivity index (χ2n) is 8.32. The van der Waals surface area contributed by atoms with E-state index in [9.17, 15) is 13.2 Å². The molecule has 0 spiro atoms. The Hall–Kier alpha value is -2.38. The van der Waals surface area contributed by atoms with E-state index in [0.717, 1.165) is 22.4 Å². The third kappa shape index (κ3) is 4.84. The average Bonchev–Trinajstić information content (AvgIpc) is 2.72. The van der Waals surface area contributed by atoms with Gasteiger partial charge in [-0.25, -0.2) is 8.42 Å². The van der Waals surface area contributed by atoms with E-state index >= 15 is 0 Å². The van der Waals surface area contributed by atoms with Crippen molar-refractivity contribution < 1.29 is 17.9 Å². The SMILES string of the molecule is COc1ccc(CNC(=O)C2(C)CCN(S(=O)(=O)c3cc(C)cc(C)c3)CC2)cc1. The number of amides is 1. The van der Waals surface area contributed by atoms with Gasteiger partial charge in [-0.3, -0.25) is 4.79 Å². The minimum atomic E-state index is -3.56. The molecule has 0 bridgehead atoms. The van der Waals surface area contributed by atoms with Gasteiger partial charge in [-0.15, -0.1) is 0 Å². The van der Waals surface area contributed by atoms with E-state index < -0.39 is 15.4 Å². The lowest BCUT2D eigenvalue weighted by Gasteiger charge is -2.37. The lowest BCUT2D eigenvalue weighted by molar-refractivity contribution is -0.132. The summed E-state index contributed by atoms with van der Waals surface area (Å²) in [7, 11) is -1.94. The topological polar surface area (TPSA) is 75.7 Å². The van der Waals surface area contributed by atoms with E-state index in [2.05, 4.69) is 5.32 Å². The minimum Gasteiger partial charge on any atom is -0.497 e. The van der Waals surface area contributed by atoms with Crippen molar-refractivity contribution in [2.24, 2.45) is 5.41 Å². The Bertz CT molecular complexity index is 988. The summed E-state index contributed by atoms with van der Waals surface area (Å²) >= 11 is 0. The average molecular weight is 431 g/mol. The molecule has 7 heteroatoms. The maximum absolute atomic E-state index is 13.1. The Kier molecular flexibility index (Phi) is 6.53. The fraction of sp³-hybridized carbons (Fsp3) is 0.435. The third-order valence-electron chi connectivity index (χ3n) is 5.82. The number of ether oxygens (including phenoxy) is 1. The highest BCUT2D eigenvalue weighted by Crippen LogP contribution is 2.34. The van der Waals surface area contributed by atoms with E-state index in [1.807, 2.05) is 51.1 Å². The molecule has 30 heavy (non-hydrogen) atoms. The summed E-state index contributed by atoms with van der Waals surface area (Å²) in [6, 6.07) is 12.9. The van der Waals surface area contributed by atoms with E-state index in [4.69, 9.17) is 4.74 Å². The quantitative estimate of drug-likeness (QED) is 0.762. The molecule has 0 aromatic heterocycles. The van der Waals surface area contributed by atoms with Crippen LogP contribution in [0.1, 0.15) is 36.5 Å². The van der Waals surface area contributed by atoms with E-state index in [0.29, 0.717) is 37.4 Å². The summed E-state index contributed by atoms with van der Waals surface area (Å²) in [5, 5.41) is 3.00. The van der Waals surface area contributed by atoms with Gasteiger partial charge in [0, 0.05) is 25.0 Å². The van der Waals surface area contributed by atoms with Crippen molar-refractivity contribution in [2.75, 3.05) is 20.2 Å². The molecule has 1 amide bonds. The van der Waals surface area contributed by atoms with Gasteiger partial charge in [-0.2, -0.15) is 4.31 Å².